The molecule has 1 unspecified atom stereocenters. The molecule has 0 aliphatic heterocycles. The zero-order valence-electron chi connectivity index (χ0n) is 16.0. The first-order valence-corrected chi connectivity index (χ1v) is 8.82. The molecule has 2 N–H and O–H groups in total. The number of nitrogens with zero attached hydrogens (tertiary/aromatic N) is 3. The average molecular weight is 419 g/mol. The Morgan fingerprint density at radius 1 is 1.20 bits per heavy atom. The molecule has 0 amide bonds. The number of ether oxygens (including phenoxy) is 2. The highest BCUT2D eigenvalue weighted by atomic mass is 19.1. The lowest BCUT2D eigenvalue weighted by Crippen LogP contribution is -2.39. The Labute approximate surface area is 170 Å². The van der Waals surface area contributed by atoms with E-state index >= 15 is 0 Å². The fraction of sp³-hybridized carbons (Fsp3) is 0.250. The van der Waals surface area contributed by atoms with Crippen molar-refractivity contribution in [3.8, 4) is 11.5 Å². The van der Waals surface area contributed by atoms with Gasteiger partial charge in [0.05, 0.1) is 20.1 Å². The van der Waals surface area contributed by atoms with Gasteiger partial charge in [-0.2, -0.15) is 5.10 Å². The number of hydrogen-bond acceptors (Lipinski definition) is 6. The largest absolute Gasteiger partial charge is 0.493 e. The van der Waals surface area contributed by atoms with E-state index in [0.29, 0.717) is 11.6 Å². The first-order valence-electron chi connectivity index (χ1n) is 8.82. The molecule has 1 aromatic heterocycles. The number of aromatic nitrogens is 3. The smallest absolute Gasteiger partial charge is 0.307 e. The number of carboxylic acids is 1. The van der Waals surface area contributed by atoms with Crippen LogP contribution in [0.5, 0.6) is 11.5 Å². The van der Waals surface area contributed by atoms with Gasteiger partial charge in [-0.25, -0.2) is 18.4 Å². The lowest BCUT2D eigenvalue weighted by molar-refractivity contribution is -0.136. The third-order valence-corrected chi connectivity index (χ3v) is 4.37. The third-order valence-electron chi connectivity index (χ3n) is 4.37. The average Bonchev–Trinajstić information content (AvgIpc) is 3.19. The molecule has 158 valence electrons. The molecule has 1 heterocycles. The van der Waals surface area contributed by atoms with Gasteiger partial charge < -0.3 is 19.7 Å². The molecule has 0 spiro atoms. The summed E-state index contributed by atoms with van der Waals surface area (Å²) in [6.45, 7) is -0.640. The second-order valence-electron chi connectivity index (χ2n) is 6.59. The number of benzene rings is 2. The summed E-state index contributed by atoms with van der Waals surface area (Å²) in [5.74, 6) is -2.26. The molecule has 0 aliphatic carbocycles. The minimum Gasteiger partial charge on any atom is -0.493 e. The molecule has 0 radical (unpaired) electrons. The van der Waals surface area contributed by atoms with Crippen molar-refractivity contribution in [1.82, 2.24) is 14.8 Å². The molecule has 0 saturated heterocycles. The molecule has 2 aromatic carbocycles. The number of carboxylic acid groups (broad SMARTS) is 1. The predicted molar refractivity (Wildman–Crippen MR) is 100 cm³/mol. The highest BCUT2D eigenvalue weighted by Crippen LogP contribution is 2.32. The number of rotatable bonds is 9. The second kappa shape index (κ2) is 8.87. The van der Waals surface area contributed by atoms with Gasteiger partial charge in [-0.05, 0) is 23.8 Å². The highest BCUT2D eigenvalue weighted by Gasteiger charge is 2.35. The molecule has 3 rings (SSSR count). The fourth-order valence-corrected chi connectivity index (χ4v) is 2.97. The van der Waals surface area contributed by atoms with Crippen molar-refractivity contribution in [3.05, 3.63) is 71.8 Å². The van der Waals surface area contributed by atoms with Crippen LogP contribution in [0.2, 0.25) is 0 Å². The van der Waals surface area contributed by atoms with Gasteiger partial charge >= 0.3 is 5.97 Å². The van der Waals surface area contributed by atoms with Gasteiger partial charge in [-0.3, -0.25) is 4.79 Å². The van der Waals surface area contributed by atoms with Crippen molar-refractivity contribution in [1.29, 1.82) is 0 Å². The Kier molecular flexibility index (Phi) is 6.26. The number of halogens is 2. The van der Waals surface area contributed by atoms with Crippen LogP contribution >= 0.6 is 0 Å². The van der Waals surface area contributed by atoms with Gasteiger partial charge in [0.2, 0.25) is 0 Å². The standard InChI is InChI=1S/C20H19F2N3O5/c1-29-18-6-13(7-19(26)27)2-5-17(18)30-10-20(28,9-25-12-23-11-24-25)15-4-3-14(21)8-16(15)22/h2-6,8,11-12,28H,7,9-10H2,1H3,(H,26,27). The lowest BCUT2D eigenvalue weighted by atomic mass is 9.94. The minimum absolute atomic E-state index is 0.180. The third kappa shape index (κ3) is 4.90. The molecule has 0 bridgehead atoms. The van der Waals surface area contributed by atoms with Crippen molar-refractivity contribution in [2.45, 2.75) is 18.6 Å². The Morgan fingerprint density at radius 2 is 2.00 bits per heavy atom. The van der Waals surface area contributed by atoms with Gasteiger partial charge in [0.25, 0.3) is 0 Å². The summed E-state index contributed by atoms with van der Waals surface area (Å²) in [4.78, 5) is 14.7. The van der Waals surface area contributed by atoms with E-state index in [4.69, 9.17) is 14.6 Å². The van der Waals surface area contributed by atoms with Crippen molar-refractivity contribution in [3.63, 3.8) is 0 Å². The van der Waals surface area contributed by atoms with E-state index in [1.54, 1.807) is 6.07 Å². The van der Waals surface area contributed by atoms with Crippen LogP contribution in [0, 0.1) is 11.6 Å². The number of aliphatic hydroxyl groups is 1. The summed E-state index contributed by atoms with van der Waals surface area (Å²) in [7, 11) is 1.38. The fourth-order valence-electron chi connectivity index (χ4n) is 2.97. The van der Waals surface area contributed by atoms with E-state index in [2.05, 4.69) is 10.1 Å². The maximum Gasteiger partial charge on any atom is 0.307 e. The van der Waals surface area contributed by atoms with Crippen LogP contribution in [-0.4, -0.2) is 44.7 Å². The van der Waals surface area contributed by atoms with E-state index in [-0.39, 0.29) is 30.0 Å². The van der Waals surface area contributed by atoms with E-state index in [9.17, 15) is 18.7 Å². The van der Waals surface area contributed by atoms with Gasteiger partial charge in [0.15, 0.2) is 11.5 Å². The number of hydrogen-bond donors (Lipinski definition) is 2. The van der Waals surface area contributed by atoms with E-state index < -0.39 is 29.8 Å². The summed E-state index contributed by atoms with van der Waals surface area (Å²) in [5.41, 5.74) is -1.61. The first-order chi connectivity index (χ1) is 14.3. The lowest BCUT2D eigenvalue weighted by Gasteiger charge is -2.29. The summed E-state index contributed by atoms with van der Waals surface area (Å²) >= 11 is 0. The summed E-state index contributed by atoms with van der Waals surface area (Å²) in [5, 5.41) is 24.1. The molecule has 1 atom stereocenters. The monoisotopic (exact) mass is 419 g/mol. The Hall–Kier alpha value is -3.53. The normalized spacial score (nSPS) is 12.9. The molecule has 0 saturated carbocycles. The molecule has 0 aliphatic rings. The molecule has 0 fully saturated rings. The van der Waals surface area contributed by atoms with Crippen LogP contribution < -0.4 is 9.47 Å². The molecular weight excluding hydrogens is 400 g/mol. The van der Waals surface area contributed by atoms with Crippen molar-refractivity contribution in [2.75, 3.05) is 13.7 Å². The van der Waals surface area contributed by atoms with Gasteiger partial charge in [0.1, 0.15) is 36.5 Å². The van der Waals surface area contributed by atoms with Gasteiger partial charge in [-0.15, -0.1) is 0 Å². The number of carbonyl (C=O) groups is 1. The maximum absolute atomic E-state index is 14.4. The van der Waals surface area contributed by atoms with Crippen LogP contribution in [0.25, 0.3) is 0 Å². The summed E-state index contributed by atoms with van der Waals surface area (Å²) in [6.07, 6.45) is 2.40. The zero-order valence-corrected chi connectivity index (χ0v) is 16.0. The quantitative estimate of drug-likeness (QED) is 0.547. The number of aliphatic carboxylic acids is 1. The minimum atomic E-state index is -1.92. The van der Waals surface area contributed by atoms with Crippen LogP contribution in [0.15, 0.2) is 49.1 Å². The molecular formula is C20H19F2N3O5. The van der Waals surface area contributed by atoms with Crippen molar-refractivity contribution in [2.24, 2.45) is 0 Å². The van der Waals surface area contributed by atoms with E-state index in [1.165, 1.54) is 36.6 Å². The Morgan fingerprint density at radius 3 is 2.63 bits per heavy atom. The molecule has 10 heteroatoms. The Balaban J connectivity index is 1.89. The SMILES string of the molecule is COc1cc(CC(=O)O)ccc1OCC(O)(Cn1cncn1)c1ccc(F)cc1F. The van der Waals surface area contributed by atoms with Crippen molar-refractivity contribution >= 4 is 5.97 Å². The van der Waals surface area contributed by atoms with Crippen molar-refractivity contribution < 1.29 is 33.3 Å². The second-order valence-corrected chi connectivity index (χ2v) is 6.59. The molecule has 3 aromatic rings. The highest BCUT2D eigenvalue weighted by molar-refractivity contribution is 5.70. The number of methoxy groups -OCH3 is 1. The van der Waals surface area contributed by atoms with Gasteiger partial charge in [0, 0.05) is 11.6 Å². The molecule has 30 heavy (non-hydrogen) atoms. The molecule has 8 nitrogen and oxygen atoms in total. The van der Waals surface area contributed by atoms with Crippen LogP contribution in [-0.2, 0) is 23.4 Å². The topological polar surface area (TPSA) is 107 Å². The summed E-state index contributed by atoms with van der Waals surface area (Å²) in [6, 6.07) is 7.38. The van der Waals surface area contributed by atoms with Crippen LogP contribution in [0.3, 0.4) is 0 Å². The summed E-state index contributed by atoms with van der Waals surface area (Å²) < 4.78 is 40.0. The first kappa shape index (κ1) is 21.2. The van der Waals surface area contributed by atoms with Crippen LogP contribution in [0.1, 0.15) is 11.1 Å². The maximum atomic E-state index is 14.4. The van der Waals surface area contributed by atoms with E-state index in [0.717, 1.165) is 12.1 Å². The predicted octanol–water partition coefficient (Wildman–Crippen LogP) is 2.16. The zero-order chi connectivity index (χ0) is 21.7. The van der Waals surface area contributed by atoms with Gasteiger partial charge in [-0.1, -0.05) is 12.1 Å². The van der Waals surface area contributed by atoms with E-state index in [1.807, 2.05) is 0 Å². The van der Waals surface area contributed by atoms with Crippen LogP contribution in [0.4, 0.5) is 8.78 Å². The Bertz CT molecular complexity index is 1030.